The smallest absolute Gasteiger partial charge is 0.167 e. The van der Waals surface area contributed by atoms with Gasteiger partial charge < -0.3 is 8.83 Å². The average Bonchev–Trinajstić information content (AvgIpc) is 3.92. The quantitative estimate of drug-likeness (QED) is 0.162. The Balaban J connectivity index is 0.999. The van der Waals surface area contributed by atoms with E-state index >= 15 is 0 Å². The number of para-hydroxylation sites is 2. The topological polar surface area (TPSA) is 65.0 Å². The van der Waals surface area contributed by atoms with Crippen molar-refractivity contribution < 1.29 is 8.83 Å². The van der Waals surface area contributed by atoms with Crippen molar-refractivity contribution in [1.29, 1.82) is 0 Å². The molecule has 62 heavy (non-hydrogen) atoms. The number of furan rings is 2. The molecule has 13 rings (SSSR count). The Bertz CT molecular complexity index is 3900. The molecule has 0 saturated heterocycles. The van der Waals surface area contributed by atoms with E-state index in [1.54, 1.807) is 0 Å². The van der Waals surface area contributed by atoms with Gasteiger partial charge in [0.2, 0.25) is 0 Å². The molecule has 10 aromatic carbocycles. The average molecular weight is 792 g/mol. The summed E-state index contributed by atoms with van der Waals surface area (Å²) >= 11 is 0. The third kappa shape index (κ3) is 5.32. The molecule has 13 aromatic rings. The largest absolute Gasteiger partial charge is 0.456 e. The van der Waals surface area contributed by atoms with Crippen LogP contribution in [0, 0.1) is 0 Å². The van der Waals surface area contributed by atoms with Crippen LogP contribution < -0.4 is 0 Å². The van der Waals surface area contributed by atoms with E-state index in [-0.39, 0.29) is 0 Å². The molecule has 0 atom stereocenters. The van der Waals surface area contributed by atoms with E-state index in [1.807, 2.05) is 66.7 Å². The predicted octanol–water partition coefficient (Wildman–Crippen LogP) is 15.5. The van der Waals surface area contributed by atoms with Crippen LogP contribution in [0.25, 0.3) is 133 Å². The first-order valence-corrected chi connectivity index (χ1v) is 20.8. The van der Waals surface area contributed by atoms with Gasteiger partial charge in [0.1, 0.15) is 22.3 Å². The molecule has 3 heterocycles. The first-order valence-electron chi connectivity index (χ1n) is 20.8. The summed E-state index contributed by atoms with van der Waals surface area (Å²) in [6, 6.07) is 69.9. The zero-order valence-electron chi connectivity index (χ0n) is 33.2. The Kier molecular flexibility index (Phi) is 7.54. The molecule has 0 saturated carbocycles. The third-order valence-electron chi connectivity index (χ3n) is 12.3. The van der Waals surface area contributed by atoms with E-state index in [2.05, 4.69) is 133 Å². The van der Waals surface area contributed by atoms with Gasteiger partial charge in [-0.25, -0.2) is 15.0 Å². The Labute approximate surface area is 355 Å². The monoisotopic (exact) mass is 791 g/mol. The second-order valence-electron chi connectivity index (χ2n) is 15.8. The highest BCUT2D eigenvalue weighted by Gasteiger charge is 2.21. The summed E-state index contributed by atoms with van der Waals surface area (Å²) in [5, 5.41) is 11.7. The summed E-state index contributed by atoms with van der Waals surface area (Å²) in [7, 11) is 0. The van der Waals surface area contributed by atoms with Crippen LogP contribution in [0.15, 0.2) is 209 Å². The maximum atomic E-state index is 6.60. The van der Waals surface area contributed by atoms with E-state index in [0.29, 0.717) is 17.5 Å². The van der Waals surface area contributed by atoms with E-state index in [4.69, 9.17) is 23.8 Å². The van der Waals surface area contributed by atoms with Gasteiger partial charge >= 0.3 is 0 Å². The summed E-state index contributed by atoms with van der Waals surface area (Å²) in [5.74, 6) is 1.70. The highest BCUT2D eigenvalue weighted by Crippen LogP contribution is 2.43. The van der Waals surface area contributed by atoms with Crippen molar-refractivity contribution in [2.45, 2.75) is 0 Å². The molecule has 0 unspecified atom stereocenters. The van der Waals surface area contributed by atoms with Crippen molar-refractivity contribution in [2.75, 3.05) is 0 Å². The number of rotatable bonds is 5. The number of benzene rings is 10. The summed E-state index contributed by atoms with van der Waals surface area (Å²) in [5.41, 5.74) is 10.1. The highest BCUT2D eigenvalue weighted by atomic mass is 16.3. The van der Waals surface area contributed by atoms with Crippen LogP contribution in [0.5, 0.6) is 0 Å². The zero-order valence-corrected chi connectivity index (χ0v) is 33.2. The fourth-order valence-electron chi connectivity index (χ4n) is 9.49. The lowest BCUT2D eigenvalue weighted by Gasteiger charge is -2.13. The van der Waals surface area contributed by atoms with Gasteiger partial charge in [-0.2, -0.15) is 0 Å². The maximum Gasteiger partial charge on any atom is 0.167 e. The number of aromatic nitrogens is 3. The fourth-order valence-corrected chi connectivity index (χ4v) is 9.49. The molecule has 0 fully saturated rings. The molecule has 0 aliphatic carbocycles. The van der Waals surface area contributed by atoms with E-state index in [9.17, 15) is 0 Å². The van der Waals surface area contributed by atoms with Gasteiger partial charge in [0, 0.05) is 32.7 Å². The third-order valence-corrected chi connectivity index (χ3v) is 12.3. The van der Waals surface area contributed by atoms with Gasteiger partial charge in [-0.1, -0.05) is 164 Å². The van der Waals surface area contributed by atoms with Crippen LogP contribution in [0.4, 0.5) is 0 Å². The van der Waals surface area contributed by atoms with Gasteiger partial charge in [-0.15, -0.1) is 0 Å². The predicted molar refractivity (Wildman–Crippen MR) is 254 cm³/mol. The van der Waals surface area contributed by atoms with Crippen molar-refractivity contribution in [3.63, 3.8) is 0 Å². The number of hydrogen-bond donors (Lipinski definition) is 0. The van der Waals surface area contributed by atoms with Crippen LogP contribution in [-0.2, 0) is 0 Å². The Morgan fingerprint density at radius 3 is 1.53 bits per heavy atom. The van der Waals surface area contributed by atoms with E-state index in [0.717, 1.165) is 82.8 Å². The molecule has 0 radical (unpaired) electrons. The highest BCUT2D eigenvalue weighted by molar-refractivity contribution is 6.26. The Morgan fingerprint density at radius 2 is 0.758 bits per heavy atom. The summed E-state index contributed by atoms with van der Waals surface area (Å²) in [4.78, 5) is 15.5. The maximum absolute atomic E-state index is 6.60. The first-order chi connectivity index (χ1) is 30.7. The molecular weight excluding hydrogens is 759 g/mol. The number of nitrogens with zero attached hydrogens (tertiary/aromatic N) is 3. The second kappa shape index (κ2) is 13.6. The second-order valence-corrected chi connectivity index (χ2v) is 15.8. The van der Waals surface area contributed by atoms with Crippen molar-refractivity contribution in [2.24, 2.45) is 0 Å². The van der Waals surface area contributed by atoms with Crippen molar-refractivity contribution in [3.05, 3.63) is 200 Å². The van der Waals surface area contributed by atoms with Crippen LogP contribution in [0.2, 0.25) is 0 Å². The van der Waals surface area contributed by atoms with Crippen molar-refractivity contribution in [3.8, 4) is 56.4 Å². The molecule has 0 N–H and O–H groups in total. The lowest BCUT2D eigenvalue weighted by atomic mass is 9.91. The molecule has 0 bridgehead atoms. The normalized spacial score (nSPS) is 11.9. The van der Waals surface area contributed by atoms with Gasteiger partial charge in [-0.05, 0) is 91.0 Å². The molecule has 0 amide bonds. The van der Waals surface area contributed by atoms with Gasteiger partial charge in [0.25, 0.3) is 0 Å². The molecular formula is C57H33N3O2. The summed E-state index contributed by atoms with van der Waals surface area (Å²) in [6.45, 7) is 0. The molecule has 5 heteroatoms. The standard InChI is InChI=1S/C57H33N3O2/c1-2-14-34(15-3-1)55-58-56(60-57(59-55)47-25-12-24-45-43-21-10-11-26-50(43)62-54(45)47)46-22-9-8-20-41(46)44-23-13-27-52-53(44)49-33-36(29-31-51(49)61-52)35-28-30-42-39-18-5-4-16-37(39)38-17-6-7-19-40(38)48(42)32-35/h1-33H. The van der Waals surface area contributed by atoms with Gasteiger partial charge in [0.15, 0.2) is 17.5 Å². The Morgan fingerprint density at radius 1 is 0.258 bits per heavy atom. The lowest BCUT2D eigenvalue weighted by molar-refractivity contribution is 0.669. The minimum atomic E-state index is 0.543. The Hall–Kier alpha value is -8.41. The summed E-state index contributed by atoms with van der Waals surface area (Å²) in [6.07, 6.45) is 0. The molecule has 3 aromatic heterocycles. The van der Waals surface area contributed by atoms with Gasteiger partial charge in [0.05, 0.1) is 5.56 Å². The van der Waals surface area contributed by atoms with Crippen molar-refractivity contribution >= 4 is 76.2 Å². The molecule has 0 aliphatic heterocycles. The van der Waals surface area contributed by atoms with Crippen LogP contribution in [-0.4, -0.2) is 15.0 Å². The zero-order chi connectivity index (χ0) is 40.7. The molecule has 0 aliphatic rings. The van der Waals surface area contributed by atoms with Gasteiger partial charge in [-0.3, -0.25) is 0 Å². The van der Waals surface area contributed by atoms with Crippen LogP contribution in [0.1, 0.15) is 0 Å². The van der Waals surface area contributed by atoms with E-state index < -0.39 is 0 Å². The fraction of sp³-hybridized carbons (Fsp3) is 0. The number of hydrogen-bond acceptors (Lipinski definition) is 5. The lowest BCUT2D eigenvalue weighted by Crippen LogP contribution is -2.01. The van der Waals surface area contributed by atoms with E-state index in [1.165, 1.54) is 32.3 Å². The SMILES string of the molecule is c1ccc(-c2nc(-c3ccccc3-c3cccc4oc5ccc(-c6ccc7c8ccccc8c8ccccc8c7c6)cc5c34)nc(-c3cccc4c3oc3ccccc34)n2)cc1. The molecule has 0 spiro atoms. The van der Waals surface area contributed by atoms with Crippen LogP contribution >= 0.6 is 0 Å². The minimum absolute atomic E-state index is 0.543. The minimum Gasteiger partial charge on any atom is -0.456 e. The molecule has 288 valence electrons. The molecule has 5 nitrogen and oxygen atoms in total. The number of fused-ring (bicyclic) bond motifs is 12. The first kappa shape index (κ1) is 34.5. The summed E-state index contributed by atoms with van der Waals surface area (Å²) < 4.78 is 13.1. The van der Waals surface area contributed by atoms with Crippen LogP contribution in [0.3, 0.4) is 0 Å². The van der Waals surface area contributed by atoms with Crippen molar-refractivity contribution in [1.82, 2.24) is 15.0 Å².